The lowest BCUT2D eigenvalue weighted by molar-refractivity contribution is -0.133. The Labute approximate surface area is 216 Å². The van der Waals surface area contributed by atoms with E-state index in [1.165, 1.54) is 4.90 Å². The molecule has 0 unspecified atom stereocenters. The number of hydrogen-bond donors (Lipinski definition) is 1. The standard InChI is InChI=1S/C27H32ClN3O5/c1-19(2)31(27(33)29-22-10-8-21(28)9-11-22)18-26(32)30(17-23-6-5-15-36-23)14-13-20-7-12-24(34-3)25(16-20)35-4/h5-12,15-16,19H,13-14,17-18H2,1-4H3,(H,29,33). The molecule has 2 aromatic carbocycles. The average molecular weight is 514 g/mol. The molecule has 0 fully saturated rings. The molecule has 8 nitrogen and oxygen atoms in total. The first-order chi connectivity index (χ1) is 17.3. The molecule has 1 aromatic heterocycles. The average Bonchev–Trinajstić information content (AvgIpc) is 3.39. The number of methoxy groups -OCH3 is 2. The molecule has 0 aliphatic heterocycles. The molecule has 9 heteroatoms. The van der Waals surface area contributed by atoms with Crippen LogP contribution in [-0.2, 0) is 17.8 Å². The molecule has 3 amide bonds. The van der Waals surface area contributed by atoms with Gasteiger partial charge >= 0.3 is 6.03 Å². The highest BCUT2D eigenvalue weighted by Gasteiger charge is 2.24. The first-order valence-corrected chi connectivity index (χ1v) is 12.0. The van der Waals surface area contributed by atoms with Crippen LogP contribution in [0.1, 0.15) is 25.2 Å². The van der Waals surface area contributed by atoms with Crippen molar-refractivity contribution in [3.63, 3.8) is 0 Å². The predicted molar refractivity (Wildman–Crippen MR) is 140 cm³/mol. The second-order valence-electron chi connectivity index (χ2n) is 8.49. The Kier molecular flexibility index (Phi) is 9.64. The first kappa shape index (κ1) is 26.9. The number of nitrogens with one attached hydrogen (secondary N) is 1. The van der Waals surface area contributed by atoms with Crippen LogP contribution in [0.2, 0.25) is 5.02 Å². The van der Waals surface area contributed by atoms with Crippen molar-refractivity contribution in [3.05, 3.63) is 77.2 Å². The second kappa shape index (κ2) is 12.9. The van der Waals surface area contributed by atoms with Gasteiger partial charge in [-0.25, -0.2) is 4.79 Å². The van der Waals surface area contributed by atoms with Crippen LogP contribution in [0.3, 0.4) is 0 Å². The number of anilines is 1. The molecule has 0 atom stereocenters. The minimum atomic E-state index is -0.362. The van der Waals surface area contributed by atoms with Crippen molar-refractivity contribution in [3.8, 4) is 11.5 Å². The highest BCUT2D eigenvalue weighted by atomic mass is 35.5. The summed E-state index contributed by atoms with van der Waals surface area (Å²) in [5, 5.41) is 3.41. The van der Waals surface area contributed by atoms with Crippen LogP contribution in [0.25, 0.3) is 0 Å². The molecular weight excluding hydrogens is 482 g/mol. The minimum absolute atomic E-state index is 0.0796. The summed E-state index contributed by atoms with van der Waals surface area (Å²) in [6.07, 6.45) is 2.16. The predicted octanol–water partition coefficient (Wildman–Crippen LogP) is 5.46. The third kappa shape index (κ3) is 7.42. The third-order valence-corrected chi connectivity index (χ3v) is 5.94. The van der Waals surface area contributed by atoms with Crippen LogP contribution in [0, 0.1) is 0 Å². The summed E-state index contributed by atoms with van der Waals surface area (Å²) < 4.78 is 16.2. The zero-order chi connectivity index (χ0) is 26.1. The van der Waals surface area contributed by atoms with Gasteiger partial charge in [0, 0.05) is 23.3 Å². The lowest BCUT2D eigenvalue weighted by Gasteiger charge is -2.30. The maximum absolute atomic E-state index is 13.4. The van der Waals surface area contributed by atoms with Crippen LogP contribution < -0.4 is 14.8 Å². The zero-order valence-corrected chi connectivity index (χ0v) is 21.7. The molecule has 1 N–H and O–H groups in total. The van der Waals surface area contributed by atoms with Gasteiger partial charge in [0.05, 0.1) is 27.0 Å². The van der Waals surface area contributed by atoms with E-state index in [2.05, 4.69) is 5.32 Å². The third-order valence-electron chi connectivity index (χ3n) is 5.68. The molecule has 0 radical (unpaired) electrons. The van der Waals surface area contributed by atoms with Crippen molar-refractivity contribution in [2.75, 3.05) is 32.6 Å². The van der Waals surface area contributed by atoms with E-state index in [0.29, 0.717) is 47.5 Å². The van der Waals surface area contributed by atoms with Gasteiger partial charge in [0.15, 0.2) is 11.5 Å². The van der Waals surface area contributed by atoms with Gasteiger partial charge in [0.1, 0.15) is 12.3 Å². The van der Waals surface area contributed by atoms with Gasteiger partial charge < -0.3 is 29.0 Å². The molecule has 36 heavy (non-hydrogen) atoms. The molecule has 0 aliphatic carbocycles. The molecule has 0 saturated heterocycles. The van der Waals surface area contributed by atoms with Crippen LogP contribution in [0.5, 0.6) is 11.5 Å². The molecular formula is C27H32ClN3O5. The van der Waals surface area contributed by atoms with Gasteiger partial charge in [0.2, 0.25) is 5.91 Å². The van der Waals surface area contributed by atoms with Crippen LogP contribution in [-0.4, -0.2) is 55.1 Å². The van der Waals surface area contributed by atoms with E-state index in [0.717, 1.165) is 5.56 Å². The molecule has 1 heterocycles. The molecule has 3 aromatic rings. The number of benzene rings is 2. The van der Waals surface area contributed by atoms with E-state index < -0.39 is 0 Å². The number of nitrogens with zero attached hydrogens (tertiary/aromatic N) is 2. The number of carbonyl (C=O) groups excluding carboxylic acids is 2. The summed E-state index contributed by atoms with van der Waals surface area (Å²) in [7, 11) is 3.18. The molecule has 0 saturated carbocycles. The van der Waals surface area contributed by atoms with Crippen LogP contribution >= 0.6 is 11.6 Å². The van der Waals surface area contributed by atoms with Crippen molar-refractivity contribution in [1.29, 1.82) is 0 Å². The molecule has 0 aliphatic rings. The summed E-state index contributed by atoms with van der Waals surface area (Å²) in [5.41, 5.74) is 1.59. The lowest BCUT2D eigenvalue weighted by atomic mass is 10.1. The summed E-state index contributed by atoms with van der Waals surface area (Å²) >= 11 is 5.93. The fourth-order valence-electron chi connectivity index (χ4n) is 3.65. The summed E-state index contributed by atoms with van der Waals surface area (Å²) in [6, 6.07) is 15.6. The highest BCUT2D eigenvalue weighted by Crippen LogP contribution is 2.28. The number of hydrogen-bond acceptors (Lipinski definition) is 5. The molecule has 3 rings (SSSR count). The van der Waals surface area contributed by atoms with E-state index >= 15 is 0 Å². The lowest BCUT2D eigenvalue weighted by Crippen LogP contribution is -2.47. The summed E-state index contributed by atoms with van der Waals surface area (Å²) in [4.78, 5) is 29.6. The number of amides is 3. The van der Waals surface area contributed by atoms with E-state index in [4.69, 9.17) is 25.5 Å². The Morgan fingerprint density at radius 3 is 2.36 bits per heavy atom. The Balaban J connectivity index is 1.72. The zero-order valence-electron chi connectivity index (χ0n) is 21.0. The van der Waals surface area contributed by atoms with E-state index in [9.17, 15) is 9.59 Å². The SMILES string of the molecule is COc1ccc(CCN(Cc2ccco2)C(=O)CN(C(=O)Nc2ccc(Cl)cc2)C(C)C)cc1OC. The van der Waals surface area contributed by atoms with Gasteiger partial charge in [-0.1, -0.05) is 17.7 Å². The number of carbonyl (C=O) groups is 2. The second-order valence-corrected chi connectivity index (χ2v) is 8.93. The van der Waals surface area contributed by atoms with Crippen molar-refractivity contribution in [2.45, 2.75) is 32.9 Å². The number of urea groups is 1. The topological polar surface area (TPSA) is 84.2 Å². The maximum atomic E-state index is 13.4. The Morgan fingerprint density at radius 1 is 1.03 bits per heavy atom. The van der Waals surface area contributed by atoms with Crippen molar-refractivity contribution < 1.29 is 23.5 Å². The largest absolute Gasteiger partial charge is 0.493 e. The Bertz CT molecular complexity index is 1130. The first-order valence-electron chi connectivity index (χ1n) is 11.6. The number of ether oxygens (including phenoxy) is 2. The van der Waals surface area contributed by atoms with Crippen molar-refractivity contribution in [1.82, 2.24) is 9.80 Å². The fourth-order valence-corrected chi connectivity index (χ4v) is 3.77. The van der Waals surface area contributed by atoms with Gasteiger partial charge in [-0.3, -0.25) is 4.79 Å². The van der Waals surface area contributed by atoms with Gasteiger partial charge in [-0.05, 0) is 74.4 Å². The van der Waals surface area contributed by atoms with Crippen molar-refractivity contribution >= 4 is 29.2 Å². The van der Waals surface area contributed by atoms with Gasteiger partial charge in [-0.15, -0.1) is 0 Å². The minimum Gasteiger partial charge on any atom is -0.493 e. The van der Waals surface area contributed by atoms with Crippen LogP contribution in [0.4, 0.5) is 10.5 Å². The molecule has 192 valence electrons. The normalized spacial score (nSPS) is 10.7. The maximum Gasteiger partial charge on any atom is 0.322 e. The highest BCUT2D eigenvalue weighted by molar-refractivity contribution is 6.30. The molecule has 0 bridgehead atoms. The van der Waals surface area contributed by atoms with E-state index in [1.807, 2.05) is 38.1 Å². The number of halogens is 1. The Morgan fingerprint density at radius 2 is 1.75 bits per heavy atom. The molecule has 0 spiro atoms. The van der Waals surface area contributed by atoms with E-state index in [1.54, 1.807) is 55.7 Å². The monoisotopic (exact) mass is 513 g/mol. The Hall–Kier alpha value is -3.65. The van der Waals surface area contributed by atoms with Gasteiger partial charge in [0.25, 0.3) is 0 Å². The summed E-state index contributed by atoms with van der Waals surface area (Å²) in [6.45, 7) is 4.39. The smallest absolute Gasteiger partial charge is 0.322 e. The van der Waals surface area contributed by atoms with Crippen LogP contribution in [0.15, 0.2) is 65.3 Å². The fraction of sp³-hybridized carbons (Fsp3) is 0.333. The van der Waals surface area contributed by atoms with E-state index in [-0.39, 0.29) is 24.5 Å². The number of furan rings is 1. The summed E-state index contributed by atoms with van der Waals surface area (Å²) in [5.74, 6) is 1.75. The quantitative estimate of drug-likeness (QED) is 0.368. The number of rotatable bonds is 11. The van der Waals surface area contributed by atoms with Crippen molar-refractivity contribution in [2.24, 2.45) is 0 Å². The van der Waals surface area contributed by atoms with Gasteiger partial charge in [-0.2, -0.15) is 0 Å².